The van der Waals surface area contributed by atoms with E-state index in [1.54, 1.807) is 24.3 Å². The van der Waals surface area contributed by atoms with Crippen molar-refractivity contribution in [3.63, 3.8) is 0 Å². The molecular formula is C15H12N2O4. The van der Waals surface area contributed by atoms with Crippen LogP contribution in [0.5, 0.6) is 0 Å². The molecule has 2 aliphatic heterocycles. The Balaban J connectivity index is 1.87. The van der Waals surface area contributed by atoms with E-state index in [1.165, 1.54) is 6.08 Å². The zero-order valence-electron chi connectivity index (χ0n) is 11.0. The lowest BCUT2D eigenvalue weighted by Gasteiger charge is -2.28. The second-order valence-electron chi connectivity index (χ2n) is 4.90. The minimum Gasteiger partial charge on any atom is -0.295 e. The highest BCUT2D eigenvalue weighted by Gasteiger charge is 2.42. The molecule has 1 N–H and O–H groups in total. The van der Waals surface area contributed by atoms with E-state index in [2.05, 4.69) is 5.32 Å². The van der Waals surface area contributed by atoms with Gasteiger partial charge in [0.1, 0.15) is 6.04 Å². The number of carbonyl (C=O) groups is 4. The lowest BCUT2D eigenvalue weighted by Crippen LogP contribution is -2.54. The number of nitrogens with one attached hydrogen (secondary N) is 1. The van der Waals surface area contributed by atoms with Gasteiger partial charge in [0.15, 0.2) is 0 Å². The third kappa shape index (κ3) is 2.24. The summed E-state index contributed by atoms with van der Waals surface area (Å²) in [4.78, 5) is 48.4. The van der Waals surface area contributed by atoms with Gasteiger partial charge in [-0.2, -0.15) is 0 Å². The number of amides is 4. The van der Waals surface area contributed by atoms with Crippen LogP contribution in [-0.2, 0) is 19.2 Å². The summed E-state index contributed by atoms with van der Waals surface area (Å²) >= 11 is 0. The Bertz CT molecular complexity index is 678. The molecule has 0 spiro atoms. The highest BCUT2D eigenvalue weighted by Crippen LogP contribution is 2.27. The van der Waals surface area contributed by atoms with Gasteiger partial charge in [0.2, 0.25) is 11.8 Å². The number of hydrogen-bond acceptors (Lipinski definition) is 4. The number of carbonyl (C=O) groups excluding carboxylic acids is 4. The van der Waals surface area contributed by atoms with Crippen LogP contribution >= 0.6 is 0 Å². The third-order valence-electron chi connectivity index (χ3n) is 3.56. The molecule has 106 valence electrons. The molecule has 1 atom stereocenters. The van der Waals surface area contributed by atoms with Crippen LogP contribution in [0, 0.1) is 0 Å². The number of nitrogens with zero attached hydrogens (tertiary/aromatic N) is 1. The minimum absolute atomic E-state index is 0.119. The molecule has 0 radical (unpaired) electrons. The summed E-state index contributed by atoms with van der Waals surface area (Å²) in [6.45, 7) is 0. The van der Waals surface area contributed by atoms with Crippen LogP contribution in [0.4, 0.5) is 0 Å². The quantitative estimate of drug-likeness (QED) is 0.789. The molecular weight excluding hydrogens is 272 g/mol. The summed E-state index contributed by atoms with van der Waals surface area (Å²) in [5, 5.41) is 2.15. The van der Waals surface area contributed by atoms with Crippen LogP contribution in [0.25, 0.3) is 5.57 Å². The van der Waals surface area contributed by atoms with Crippen molar-refractivity contribution in [1.82, 2.24) is 10.2 Å². The molecule has 1 aromatic carbocycles. The van der Waals surface area contributed by atoms with E-state index in [1.807, 2.05) is 6.07 Å². The molecule has 0 aliphatic carbocycles. The summed E-state index contributed by atoms with van der Waals surface area (Å²) < 4.78 is 0. The van der Waals surface area contributed by atoms with Crippen LogP contribution in [0.15, 0.2) is 36.4 Å². The van der Waals surface area contributed by atoms with Gasteiger partial charge in [-0.15, -0.1) is 0 Å². The first-order chi connectivity index (χ1) is 10.1. The van der Waals surface area contributed by atoms with Crippen molar-refractivity contribution < 1.29 is 19.2 Å². The Morgan fingerprint density at radius 3 is 2.43 bits per heavy atom. The Labute approximate surface area is 120 Å². The van der Waals surface area contributed by atoms with Crippen molar-refractivity contribution in [3.8, 4) is 0 Å². The maximum Gasteiger partial charge on any atom is 0.262 e. The van der Waals surface area contributed by atoms with Crippen LogP contribution < -0.4 is 5.32 Å². The third-order valence-corrected chi connectivity index (χ3v) is 3.56. The fourth-order valence-corrected chi connectivity index (χ4v) is 2.53. The van der Waals surface area contributed by atoms with E-state index >= 15 is 0 Å². The predicted molar refractivity (Wildman–Crippen MR) is 72.4 cm³/mol. The highest BCUT2D eigenvalue weighted by molar-refractivity contribution is 6.34. The molecule has 2 aliphatic rings. The van der Waals surface area contributed by atoms with Crippen molar-refractivity contribution in [3.05, 3.63) is 42.0 Å². The average molecular weight is 284 g/mol. The Kier molecular flexibility index (Phi) is 3.13. The van der Waals surface area contributed by atoms with Gasteiger partial charge in [-0.05, 0) is 12.0 Å². The van der Waals surface area contributed by atoms with Gasteiger partial charge in [-0.3, -0.25) is 29.4 Å². The molecule has 1 unspecified atom stereocenters. The molecule has 6 nitrogen and oxygen atoms in total. The molecule has 4 amide bonds. The Morgan fingerprint density at radius 2 is 1.76 bits per heavy atom. The highest BCUT2D eigenvalue weighted by atomic mass is 16.2. The van der Waals surface area contributed by atoms with E-state index in [0.29, 0.717) is 5.56 Å². The first-order valence-corrected chi connectivity index (χ1v) is 6.56. The number of hydrogen-bond donors (Lipinski definition) is 1. The molecule has 0 bridgehead atoms. The van der Waals surface area contributed by atoms with Gasteiger partial charge < -0.3 is 0 Å². The Hall–Kier alpha value is -2.76. The number of imide groups is 2. The molecule has 1 fully saturated rings. The molecule has 6 heteroatoms. The van der Waals surface area contributed by atoms with E-state index in [0.717, 1.165) is 4.90 Å². The van der Waals surface area contributed by atoms with Crippen molar-refractivity contribution in [2.45, 2.75) is 18.9 Å². The van der Waals surface area contributed by atoms with Gasteiger partial charge >= 0.3 is 0 Å². The largest absolute Gasteiger partial charge is 0.295 e. The summed E-state index contributed by atoms with van der Waals surface area (Å²) in [5.74, 6) is -2.00. The van der Waals surface area contributed by atoms with Crippen molar-refractivity contribution >= 4 is 29.2 Å². The van der Waals surface area contributed by atoms with E-state index in [9.17, 15) is 19.2 Å². The SMILES string of the molecule is O=C1CCC(N2C(=O)C=C(c3ccccc3)C2=O)C(=O)N1. The van der Waals surface area contributed by atoms with Crippen molar-refractivity contribution in [2.24, 2.45) is 0 Å². The van der Waals surface area contributed by atoms with Gasteiger partial charge in [0, 0.05) is 12.5 Å². The smallest absolute Gasteiger partial charge is 0.262 e. The van der Waals surface area contributed by atoms with E-state index < -0.39 is 23.8 Å². The molecule has 2 heterocycles. The van der Waals surface area contributed by atoms with E-state index in [-0.39, 0.29) is 24.3 Å². The van der Waals surface area contributed by atoms with E-state index in [4.69, 9.17) is 0 Å². The lowest BCUT2D eigenvalue weighted by atomic mass is 10.0. The van der Waals surface area contributed by atoms with Gasteiger partial charge in [0.05, 0.1) is 5.57 Å². The monoisotopic (exact) mass is 284 g/mol. The lowest BCUT2D eigenvalue weighted by molar-refractivity contribution is -0.149. The second-order valence-corrected chi connectivity index (χ2v) is 4.90. The average Bonchev–Trinajstić information content (AvgIpc) is 2.76. The fourth-order valence-electron chi connectivity index (χ4n) is 2.53. The number of benzene rings is 1. The second kappa shape index (κ2) is 4.97. The predicted octanol–water partition coefficient (Wildman–Crippen LogP) is 0.244. The zero-order valence-corrected chi connectivity index (χ0v) is 11.0. The minimum atomic E-state index is -0.917. The number of piperidine rings is 1. The topological polar surface area (TPSA) is 83.6 Å². The van der Waals surface area contributed by atoms with Crippen LogP contribution in [-0.4, -0.2) is 34.6 Å². The maximum atomic E-state index is 12.4. The molecule has 1 aromatic rings. The van der Waals surface area contributed by atoms with Crippen molar-refractivity contribution in [1.29, 1.82) is 0 Å². The zero-order chi connectivity index (χ0) is 15.0. The van der Waals surface area contributed by atoms with Gasteiger partial charge in [-0.1, -0.05) is 30.3 Å². The van der Waals surface area contributed by atoms with Gasteiger partial charge in [-0.25, -0.2) is 0 Å². The molecule has 0 aromatic heterocycles. The molecule has 21 heavy (non-hydrogen) atoms. The van der Waals surface area contributed by atoms with Crippen LogP contribution in [0.1, 0.15) is 18.4 Å². The maximum absolute atomic E-state index is 12.4. The van der Waals surface area contributed by atoms with Crippen LogP contribution in [0.3, 0.4) is 0 Å². The molecule has 1 saturated heterocycles. The van der Waals surface area contributed by atoms with Crippen LogP contribution in [0.2, 0.25) is 0 Å². The summed E-state index contributed by atoms with van der Waals surface area (Å²) in [6.07, 6.45) is 1.52. The molecule has 0 saturated carbocycles. The first kappa shape index (κ1) is 13.2. The summed E-state index contributed by atoms with van der Waals surface area (Å²) in [7, 11) is 0. The fraction of sp³-hybridized carbons (Fsp3) is 0.200. The van der Waals surface area contributed by atoms with Gasteiger partial charge in [0.25, 0.3) is 11.8 Å². The summed E-state index contributed by atoms with van der Waals surface area (Å²) in [6, 6.07) is 7.88. The number of rotatable bonds is 2. The summed E-state index contributed by atoms with van der Waals surface area (Å²) in [5.41, 5.74) is 0.899. The normalized spacial score (nSPS) is 22.4. The first-order valence-electron chi connectivity index (χ1n) is 6.56. The van der Waals surface area contributed by atoms with Crippen molar-refractivity contribution in [2.75, 3.05) is 0 Å². The Morgan fingerprint density at radius 1 is 1.05 bits per heavy atom. The molecule has 3 rings (SSSR count). The standard InChI is InChI=1S/C15H12N2O4/c18-12-7-6-11(14(20)16-12)17-13(19)8-10(15(17)21)9-4-2-1-3-5-9/h1-5,8,11H,6-7H2,(H,16,18,20).